The fraction of sp³-hybridized carbons (Fsp3) is 0.300. The van der Waals surface area contributed by atoms with E-state index in [1.807, 2.05) is 36.4 Å². The molecule has 0 aliphatic rings. The van der Waals surface area contributed by atoms with Crippen LogP contribution in [0.5, 0.6) is 0 Å². The number of aryl methyl sites for hydroxylation is 2. The Bertz CT molecular complexity index is 772. The third-order valence-corrected chi connectivity index (χ3v) is 4.15. The standard InChI is InChI=1S/C20H23N3O/c1-2-15-9-11-16(12-10-15)14-20(24)21-13-5-8-19-22-17-6-3-4-7-18(17)23-19/h3-4,6-7,9-12H,2,5,8,13-14H2,1H3,(H,21,24)(H,22,23). The first-order valence-corrected chi connectivity index (χ1v) is 8.52. The lowest BCUT2D eigenvalue weighted by molar-refractivity contribution is -0.120. The second-order valence-corrected chi connectivity index (χ2v) is 6.00. The molecule has 0 aliphatic heterocycles. The molecule has 0 spiro atoms. The lowest BCUT2D eigenvalue weighted by Gasteiger charge is -2.05. The number of nitrogens with one attached hydrogen (secondary N) is 2. The summed E-state index contributed by atoms with van der Waals surface area (Å²) < 4.78 is 0. The van der Waals surface area contributed by atoms with Crippen molar-refractivity contribution in [2.24, 2.45) is 0 Å². The first-order valence-electron chi connectivity index (χ1n) is 8.52. The Hall–Kier alpha value is -2.62. The number of amides is 1. The molecule has 0 saturated heterocycles. The van der Waals surface area contributed by atoms with Gasteiger partial charge < -0.3 is 10.3 Å². The van der Waals surface area contributed by atoms with E-state index in [0.717, 1.165) is 41.7 Å². The number of benzene rings is 2. The van der Waals surface area contributed by atoms with Gasteiger partial charge in [0, 0.05) is 13.0 Å². The van der Waals surface area contributed by atoms with Crippen LogP contribution in [0.4, 0.5) is 0 Å². The van der Waals surface area contributed by atoms with Gasteiger partial charge in [-0.1, -0.05) is 43.3 Å². The van der Waals surface area contributed by atoms with Crippen LogP contribution < -0.4 is 5.32 Å². The zero-order valence-electron chi connectivity index (χ0n) is 14.0. The van der Waals surface area contributed by atoms with E-state index in [2.05, 4.69) is 34.3 Å². The van der Waals surface area contributed by atoms with Gasteiger partial charge in [-0.05, 0) is 36.1 Å². The Kier molecular flexibility index (Phi) is 5.26. The normalized spacial score (nSPS) is 10.9. The van der Waals surface area contributed by atoms with Crippen LogP contribution >= 0.6 is 0 Å². The average Bonchev–Trinajstić information content (AvgIpc) is 3.02. The van der Waals surface area contributed by atoms with E-state index < -0.39 is 0 Å². The first-order chi connectivity index (χ1) is 11.7. The molecule has 4 nitrogen and oxygen atoms in total. The summed E-state index contributed by atoms with van der Waals surface area (Å²) in [5.41, 5.74) is 4.41. The number of aromatic amines is 1. The van der Waals surface area contributed by atoms with E-state index in [4.69, 9.17) is 0 Å². The maximum atomic E-state index is 12.0. The van der Waals surface area contributed by atoms with Crippen molar-refractivity contribution >= 4 is 16.9 Å². The molecule has 2 aromatic carbocycles. The van der Waals surface area contributed by atoms with Gasteiger partial charge in [0.15, 0.2) is 0 Å². The van der Waals surface area contributed by atoms with Gasteiger partial charge in [0.05, 0.1) is 17.5 Å². The van der Waals surface area contributed by atoms with Gasteiger partial charge in [-0.3, -0.25) is 4.79 Å². The van der Waals surface area contributed by atoms with Crippen molar-refractivity contribution in [1.29, 1.82) is 0 Å². The van der Waals surface area contributed by atoms with Crippen molar-refractivity contribution in [1.82, 2.24) is 15.3 Å². The van der Waals surface area contributed by atoms with Crippen molar-refractivity contribution in [3.63, 3.8) is 0 Å². The molecule has 24 heavy (non-hydrogen) atoms. The highest BCUT2D eigenvalue weighted by atomic mass is 16.1. The second kappa shape index (κ2) is 7.77. The monoisotopic (exact) mass is 321 g/mol. The topological polar surface area (TPSA) is 57.8 Å². The predicted octanol–water partition coefficient (Wildman–Crippen LogP) is 3.42. The summed E-state index contributed by atoms with van der Waals surface area (Å²) in [4.78, 5) is 19.8. The van der Waals surface area contributed by atoms with Crippen LogP contribution in [0.1, 0.15) is 30.3 Å². The van der Waals surface area contributed by atoms with Crippen LogP contribution in [0.15, 0.2) is 48.5 Å². The first kappa shape index (κ1) is 16.2. The Balaban J connectivity index is 1.41. The average molecular weight is 321 g/mol. The molecular weight excluding hydrogens is 298 g/mol. The highest BCUT2D eigenvalue weighted by Crippen LogP contribution is 2.11. The number of carbonyl (C=O) groups excluding carboxylic acids is 1. The molecule has 3 aromatic rings. The summed E-state index contributed by atoms with van der Waals surface area (Å²) in [6.45, 7) is 2.80. The Morgan fingerprint density at radius 2 is 1.83 bits per heavy atom. The van der Waals surface area contributed by atoms with E-state index in [9.17, 15) is 4.79 Å². The number of hydrogen-bond acceptors (Lipinski definition) is 2. The minimum Gasteiger partial charge on any atom is -0.356 e. The Morgan fingerprint density at radius 3 is 2.58 bits per heavy atom. The lowest BCUT2D eigenvalue weighted by atomic mass is 10.1. The number of rotatable bonds is 7. The number of imidazole rings is 1. The number of hydrogen-bond donors (Lipinski definition) is 2. The van der Waals surface area contributed by atoms with Gasteiger partial charge in [-0.25, -0.2) is 4.98 Å². The number of carbonyl (C=O) groups is 1. The van der Waals surface area contributed by atoms with E-state index in [0.29, 0.717) is 13.0 Å². The van der Waals surface area contributed by atoms with E-state index in [1.165, 1.54) is 5.56 Å². The summed E-state index contributed by atoms with van der Waals surface area (Å²) in [6.07, 6.45) is 3.17. The number of aromatic nitrogens is 2. The van der Waals surface area contributed by atoms with Crippen LogP contribution in [-0.2, 0) is 24.1 Å². The summed E-state index contributed by atoms with van der Waals surface area (Å²) in [7, 11) is 0. The maximum Gasteiger partial charge on any atom is 0.224 e. The minimum absolute atomic E-state index is 0.0730. The van der Waals surface area contributed by atoms with Crippen LogP contribution in [0.25, 0.3) is 11.0 Å². The number of nitrogens with zero attached hydrogens (tertiary/aromatic N) is 1. The van der Waals surface area contributed by atoms with Crippen molar-refractivity contribution in [3.05, 3.63) is 65.5 Å². The lowest BCUT2D eigenvalue weighted by Crippen LogP contribution is -2.26. The quantitative estimate of drug-likeness (QED) is 0.655. The minimum atomic E-state index is 0.0730. The molecule has 0 fully saturated rings. The van der Waals surface area contributed by atoms with Crippen LogP contribution in [0.3, 0.4) is 0 Å². The van der Waals surface area contributed by atoms with E-state index >= 15 is 0 Å². The van der Waals surface area contributed by atoms with Gasteiger partial charge in [0.1, 0.15) is 5.82 Å². The fourth-order valence-corrected chi connectivity index (χ4v) is 2.75. The summed E-state index contributed by atoms with van der Waals surface area (Å²) in [5, 5.41) is 2.98. The largest absolute Gasteiger partial charge is 0.356 e. The van der Waals surface area contributed by atoms with Crippen LogP contribution in [0, 0.1) is 0 Å². The zero-order chi connectivity index (χ0) is 16.8. The highest BCUT2D eigenvalue weighted by molar-refractivity contribution is 5.78. The molecule has 0 atom stereocenters. The van der Waals surface area contributed by atoms with Crippen molar-refractivity contribution in [3.8, 4) is 0 Å². The molecule has 3 rings (SSSR count). The number of fused-ring (bicyclic) bond motifs is 1. The summed E-state index contributed by atoms with van der Waals surface area (Å²) in [6, 6.07) is 16.3. The van der Waals surface area contributed by atoms with Gasteiger partial charge in [-0.2, -0.15) is 0 Å². The van der Waals surface area contributed by atoms with Crippen molar-refractivity contribution in [2.75, 3.05) is 6.54 Å². The molecule has 0 unspecified atom stereocenters. The molecule has 1 aromatic heterocycles. The molecular formula is C20H23N3O. The van der Waals surface area contributed by atoms with Gasteiger partial charge >= 0.3 is 0 Å². The third-order valence-electron chi connectivity index (χ3n) is 4.15. The van der Waals surface area contributed by atoms with E-state index in [-0.39, 0.29) is 5.91 Å². The molecule has 0 aliphatic carbocycles. The maximum absolute atomic E-state index is 12.0. The van der Waals surface area contributed by atoms with Crippen molar-refractivity contribution in [2.45, 2.75) is 32.6 Å². The van der Waals surface area contributed by atoms with Crippen molar-refractivity contribution < 1.29 is 4.79 Å². The van der Waals surface area contributed by atoms with Crippen LogP contribution in [0.2, 0.25) is 0 Å². The predicted molar refractivity (Wildman–Crippen MR) is 96.9 cm³/mol. The van der Waals surface area contributed by atoms with Crippen LogP contribution in [-0.4, -0.2) is 22.4 Å². The molecule has 1 amide bonds. The van der Waals surface area contributed by atoms with Gasteiger partial charge in [0.25, 0.3) is 0 Å². The van der Waals surface area contributed by atoms with Gasteiger partial charge in [-0.15, -0.1) is 0 Å². The Labute approximate surface area is 142 Å². The molecule has 0 radical (unpaired) electrons. The second-order valence-electron chi connectivity index (χ2n) is 6.00. The highest BCUT2D eigenvalue weighted by Gasteiger charge is 2.04. The molecule has 0 bridgehead atoms. The summed E-state index contributed by atoms with van der Waals surface area (Å²) in [5.74, 6) is 1.05. The van der Waals surface area contributed by atoms with Gasteiger partial charge in [0.2, 0.25) is 5.91 Å². The fourth-order valence-electron chi connectivity index (χ4n) is 2.75. The zero-order valence-corrected chi connectivity index (χ0v) is 14.0. The molecule has 124 valence electrons. The third kappa shape index (κ3) is 4.22. The number of H-pyrrole nitrogens is 1. The SMILES string of the molecule is CCc1ccc(CC(=O)NCCCc2nc3ccccc3[nH]2)cc1. The number of para-hydroxylation sites is 2. The Morgan fingerprint density at radius 1 is 1.08 bits per heavy atom. The summed E-state index contributed by atoms with van der Waals surface area (Å²) >= 11 is 0. The molecule has 2 N–H and O–H groups in total. The molecule has 1 heterocycles. The molecule has 4 heteroatoms. The smallest absolute Gasteiger partial charge is 0.224 e. The molecule has 0 saturated carbocycles. The van der Waals surface area contributed by atoms with E-state index in [1.54, 1.807) is 0 Å².